The molecule has 3 N–H and O–H groups in total. The summed E-state index contributed by atoms with van der Waals surface area (Å²) < 4.78 is 50.6. The van der Waals surface area contributed by atoms with Crippen LogP contribution in [0, 0.1) is 5.82 Å². The van der Waals surface area contributed by atoms with Gasteiger partial charge in [0.15, 0.2) is 0 Å². The van der Waals surface area contributed by atoms with E-state index in [0.717, 1.165) is 6.07 Å². The maximum absolute atomic E-state index is 13.1. The second-order valence-corrected chi connectivity index (χ2v) is 4.76. The zero-order chi connectivity index (χ0) is 15.5. The van der Waals surface area contributed by atoms with E-state index in [4.69, 9.17) is 5.73 Å². The summed E-state index contributed by atoms with van der Waals surface area (Å²) in [5, 5.41) is 2.43. The van der Waals surface area contributed by atoms with Crippen molar-refractivity contribution in [2.75, 3.05) is 0 Å². The predicted molar refractivity (Wildman–Crippen MR) is 69.7 cm³/mol. The zero-order valence-corrected chi connectivity index (χ0v) is 11.2. The first-order chi connectivity index (χ1) is 9.11. The van der Waals surface area contributed by atoms with Crippen molar-refractivity contribution in [1.29, 1.82) is 0 Å². The van der Waals surface area contributed by atoms with Gasteiger partial charge in [-0.3, -0.25) is 4.79 Å². The summed E-state index contributed by atoms with van der Waals surface area (Å²) in [5.74, 6) is -2.18. The number of amides is 1. The van der Waals surface area contributed by atoms with Gasteiger partial charge in [0.05, 0.1) is 10.6 Å². The van der Waals surface area contributed by atoms with Gasteiger partial charge in [-0.2, -0.15) is 13.2 Å². The van der Waals surface area contributed by atoms with Crippen LogP contribution in [0.25, 0.3) is 0 Å². The van der Waals surface area contributed by atoms with Gasteiger partial charge in [-0.15, -0.1) is 0 Å². The number of nitrogens with one attached hydrogen (secondary N) is 1. The van der Waals surface area contributed by atoms with Crippen molar-refractivity contribution >= 4 is 23.1 Å². The Kier molecular flexibility index (Phi) is 5.04. The van der Waals surface area contributed by atoms with E-state index in [9.17, 15) is 22.4 Å². The first-order valence-electron chi connectivity index (χ1n) is 5.57. The van der Waals surface area contributed by atoms with Crippen LogP contribution in [-0.4, -0.2) is 16.9 Å². The molecule has 1 aromatic carbocycles. The van der Waals surface area contributed by atoms with E-state index < -0.39 is 29.5 Å². The van der Waals surface area contributed by atoms with E-state index in [1.165, 1.54) is 0 Å². The SMILES string of the molecule is CC(CC(N)=S)NC(=O)c1ccc(F)c(C(F)(F)F)c1. The number of alkyl halides is 3. The molecule has 0 aromatic heterocycles. The Hall–Kier alpha value is -1.70. The monoisotopic (exact) mass is 308 g/mol. The molecule has 3 nitrogen and oxygen atoms in total. The van der Waals surface area contributed by atoms with Gasteiger partial charge < -0.3 is 11.1 Å². The fourth-order valence-electron chi connectivity index (χ4n) is 1.54. The normalized spacial score (nSPS) is 12.8. The molecule has 0 aliphatic heterocycles. The molecule has 0 aliphatic rings. The fraction of sp³-hybridized carbons (Fsp3) is 0.333. The maximum atomic E-state index is 13.1. The average molecular weight is 308 g/mol. The summed E-state index contributed by atoms with van der Waals surface area (Å²) in [6, 6.07) is 1.63. The predicted octanol–water partition coefficient (Wildman–Crippen LogP) is 2.64. The first kappa shape index (κ1) is 16.4. The Bertz CT molecular complexity index is 531. The van der Waals surface area contributed by atoms with Gasteiger partial charge in [-0.05, 0) is 25.1 Å². The summed E-state index contributed by atoms with van der Waals surface area (Å²) in [5.41, 5.74) is 3.53. The third kappa shape index (κ3) is 4.44. The van der Waals surface area contributed by atoms with Crippen LogP contribution in [0.15, 0.2) is 18.2 Å². The van der Waals surface area contributed by atoms with Crippen molar-refractivity contribution in [3.8, 4) is 0 Å². The molecular weight excluding hydrogens is 296 g/mol. The van der Waals surface area contributed by atoms with E-state index >= 15 is 0 Å². The van der Waals surface area contributed by atoms with Gasteiger partial charge in [0.25, 0.3) is 5.91 Å². The number of rotatable bonds is 4. The van der Waals surface area contributed by atoms with Gasteiger partial charge in [0.2, 0.25) is 0 Å². The Morgan fingerprint density at radius 3 is 2.55 bits per heavy atom. The largest absolute Gasteiger partial charge is 0.419 e. The number of nitrogens with two attached hydrogens (primary N) is 1. The standard InChI is InChI=1S/C12H12F4N2OS/c1-6(4-10(17)20)18-11(19)7-2-3-9(13)8(5-7)12(14,15)16/h2-3,5-6H,4H2,1H3,(H2,17,20)(H,18,19). The van der Waals surface area contributed by atoms with Crippen LogP contribution in [-0.2, 0) is 6.18 Å². The number of benzene rings is 1. The van der Waals surface area contributed by atoms with Crippen LogP contribution in [0.4, 0.5) is 17.6 Å². The molecule has 0 heterocycles. The molecule has 0 spiro atoms. The number of carbonyl (C=O) groups is 1. The van der Waals surface area contributed by atoms with Crippen LogP contribution >= 0.6 is 12.2 Å². The Labute approximate surface area is 118 Å². The molecule has 0 saturated carbocycles. The Morgan fingerprint density at radius 1 is 1.45 bits per heavy atom. The lowest BCUT2D eigenvalue weighted by Gasteiger charge is -2.14. The maximum Gasteiger partial charge on any atom is 0.419 e. The molecule has 20 heavy (non-hydrogen) atoms. The summed E-state index contributed by atoms with van der Waals surface area (Å²) >= 11 is 4.66. The molecule has 0 fully saturated rings. The second-order valence-electron chi connectivity index (χ2n) is 4.24. The third-order valence-corrected chi connectivity index (χ3v) is 2.59. The Balaban J connectivity index is 2.92. The van der Waals surface area contributed by atoms with Crippen LogP contribution in [0.2, 0.25) is 0 Å². The molecule has 1 rings (SSSR count). The van der Waals surface area contributed by atoms with Gasteiger partial charge in [-0.25, -0.2) is 4.39 Å². The molecule has 1 unspecified atom stereocenters. The number of hydrogen-bond donors (Lipinski definition) is 2. The topological polar surface area (TPSA) is 55.1 Å². The van der Waals surface area contributed by atoms with E-state index in [1.807, 2.05) is 0 Å². The van der Waals surface area contributed by atoms with Crippen LogP contribution < -0.4 is 11.1 Å². The van der Waals surface area contributed by atoms with Crippen molar-refractivity contribution in [2.24, 2.45) is 5.73 Å². The minimum absolute atomic E-state index is 0.174. The molecule has 1 amide bonds. The quantitative estimate of drug-likeness (QED) is 0.664. The number of hydrogen-bond acceptors (Lipinski definition) is 2. The highest BCUT2D eigenvalue weighted by molar-refractivity contribution is 7.80. The second kappa shape index (κ2) is 6.17. The van der Waals surface area contributed by atoms with E-state index in [-0.39, 0.29) is 17.0 Å². The number of halogens is 4. The number of carbonyl (C=O) groups excluding carboxylic acids is 1. The first-order valence-corrected chi connectivity index (χ1v) is 5.98. The minimum atomic E-state index is -4.86. The van der Waals surface area contributed by atoms with Gasteiger partial charge >= 0.3 is 6.18 Å². The lowest BCUT2D eigenvalue weighted by molar-refractivity contribution is -0.140. The van der Waals surface area contributed by atoms with Crippen molar-refractivity contribution in [3.63, 3.8) is 0 Å². The molecule has 110 valence electrons. The molecule has 0 bridgehead atoms. The smallest absolute Gasteiger partial charge is 0.393 e. The van der Waals surface area contributed by atoms with Crippen molar-refractivity contribution in [3.05, 3.63) is 35.1 Å². The summed E-state index contributed by atoms with van der Waals surface area (Å²) in [6.45, 7) is 1.60. The lowest BCUT2D eigenvalue weighted by Crippen LogP contribution is -2.35. The lowest BCUT2D eigenvalue weighted by atomic mass is 10.1. The van der Waals surface area contributed by atoms with Crippen molar-refractivity contribution in [2.45, 2.75) is 25.6 Å². The van der Waals surface area contributed by atoms with Gasteiger partial charge in [-0.1, -0.05) is 12.2 Å². The zero-order valence-electron chi connectivity index (χ0n) is 10.4. The van der Waals surface area contributed by atoms with Crippen LogP contribution in [0.1, 0.15) is 29.3 Å². The van der Waals surface area contributed by atoms with E-state index in [2.05, 4.69) is 17.5 Å². The highest BCUT2D eigenvalue weighted by atomic mass is 32.1. The molecule has 0 radical (unpaired) electrons. The molecule has 1 aromatic rings. The van der Waals surface area contributed by atoms with Crippen LogP contribution in [0.5, 0.6) is 0 Å². The molecule has 0 saturated heterocycles. The third-order valence-electron chi connectivity index (χ3n) is 2.42. The van der Waals surface area contributed by atoms with Crippen molar-refractivity contribution in [1.82, 2.24) is 5.32 Å². The molecule has 8 heteroatoms. The molecule has 1 atom stereocenters. The van der Waals surface area contributed by atoms with E-state index in [0.29, 0.717) is 12.1 Å². The van der Waals surface area contributed by atoms with Gasteiger partial charge in [0.1, 0.15) is 5.82 Å². The summed E-state index contributed by atoms with van der Waals surface area (Å²) in [6.07, 6.45) is -4.64. The molecular formula is C12H12F4N2OS. The fourth-order valence-corrected chi connectivity index (χ4v) is 1.79. The summed E-state index contributed by atoms with van der Waals surface area (Å²) in [7, 11) is 0. The Morgan fingerprint density at radius 2 is 2.05 bits per heavy atom. The summed E-state index contributed by atoms with van der Waals surface area (Å²) in [4.78, 5) is 11.9. The highest BCUT2D eigenvalue weighted by Crippen LogP contribution is 2.31. The highest BCUT2D eigenvalue weighted by Gasteiger charge is 2.34. The van der Waals surface area contributed by atoms with Crippen LogP contribution in [0.3, 0.4) is 0 Å². The average Bonchev–Trinajstić information content (AvgIpc) is 2.26. The number of thiocarbonyl (C=S) groups is 1. The van der Waals surface area contributed by atoms with Crippen molar-refractivity contribution < 1.29 is 22.4 Å². The minimum Gasteiger partial charge on any atom is -0.393 e. The van der Waals surface area contributed by atoms with Gasteiger partial charge in [0, 0.05) is 18.0 Å². The van der Waals surface area contributed by atoms with E-state index in [1.54, 1.807) is 6.92 Å². The molecule has 0 aliphatic carbocycles.